The van der Waals surface area contributed by atoms with Crippen molar-refractivity contribution in [3.8, 4) is 11.1 Å². The lowest BCUT2D eigenvalue weighted by molar-refractivity contribution is 0.572. The number of hydrogen-bond donors (Lipinski definition) is 1. The molecule has 0 fully saturated rings. The minimum Gasteiger partial charge on any atom is -0.311 e. The first-order chi connectivity index (χ1) is 13.9. The van der Waals surface area contributed by atoms with Crippen LogP contribution in [0.5, 0.6) is 0 Å². The molecule has 0 saturated heterocycles. The highest BCUT2D eigenvalue weighted by molar-refractivity contribution is 5.73. The van der Waals surface area contributed by atoms with Gasteiger partial charge in [-0.2, -0.15) is 0 Å². The van der Waals surface area contributed by atoms with Crippen LogP contribution in [0.4, 0.5) is 5.69 Å². The van der Waals surface area contributed by atoms with Gasteiger partial charge in [0.05, 0.1) is 5.69 Å². The molecule has 29 heavy (non-hydrogen) atoms. The standard InChI is InChI=1S/C27H42N2/c1-6-7-8-9-10-11-12-13-18-29(28)24-15-17-25(23(5)20-24)26-16-14-22(4)19-27(26)21(2)3/h14-17,19-21H,6-13,18,28H2,1-5H3. The molecule has 0 aliphatic heterocycles. The van der Waals surface area contributed by atoms with Crippen LogP contribution in [0.2, 0.25) is 0 Å². The van der Waals surface area contributed by atoms with E-state index in [0.717, 1.165) is 12.2 Å². The predicted octanol–water partition coefficient (Wildman–Crippen LogP) is 7.91. The first-order valence-electron chi connectivity index (χ1n) is 11.7. The Balaban J connectivity index is 1.94. The first kappa shape index (κ1) is 23.5. The molecule has 0 aliphatic rings. The Morgan fingerprint density at radius 3 is 2.03 bits per heavy atom. The van der Waals surface area contributed by atoms with Gasteiger partial charge in [-0.1, -0.05) is 95.5 Å². The van der Waals surface area contributed by atoms with Crippen LogP contribution in [0.15, 0.2) is 36.4 Å². The highest BCUT2D eigenvalue weighted by atomic mass is 15.4. The molecule has 0 heterocycles. The second-order valence-electron chi connectivity index (χ2n) is 8.91. The number of hydrazine groups is 1. The van der Waals surface area contributed by atoms with Crippen molar-refractivity contribution in [1.29, 1.82) is 0 Å². The largest absolute Gasteiger partial charge is 0.311 e. The van der Waals surface area contributed by atoms with Crippen LogP contribution in [0.3, 0.4) is 0 Å². The summed E-state index contributed by atoms with van der Waals surface area (Å²) in [7, 11) is 0. The predicted molar refractivity (Wildman–Crippen MR) is 130 cm³/mol. The van der Waals surface area contributed by atoms with E-state index in [-0.39, 0.29) is 0 Å². The zero-order chi connectivity index (χ0) is 21.2. The minimum atomic E-state index is 0.511. The summed E-state index contributed by atoms with van der Waals surface area (Å²) in [6.45, 7) is 12.1. The van der Waals surface area contributed by atoms with E-state index in [2.05, 4.69) is 71.0 Å². The molecule has 2 rings (SSSR count). The Kier molecular flexibility index (Phi) is 9.73. The van der Waals surface area contributed by atoms with Gasteiger partial charge in [0.25, 0.3) is 0 Å². The fourth-order valence-corrected chi connectivity index (χ4v) is 4.08. The van der Waals surface area contributed by atoms with E-state index in [1.165, 1.54) is 79.2 Å². The van der Waals surface area contributed by atoms with E-state index < -0.39 is 0 Å². The van der Waals surface area contributed by atoms with Crippen LogP contribution in [0.1, 0.15) is 94.7 Å². The van der Waals surface area contributed by atoms with Crippen molar-refractivity contribution in [1.82, 2.24) is 0 Å². The van der Waals surface area contributed by atoms with Crippen molar-refractivity contribution < 1.29 is 0 Å². The van der Waals surface area contributed by atoms with Crippen molar-refractivity contribution in [3.63, 3.8) is 0 Å². The lowest BCUT2D eigenvalue weighted by Gasteiger charge is -2.21. The number of benzene rings is 2. The number of hydrogen-bond acceptors (Lipinski definition) is 2. The van der Waals surface area contributed by atoms with E-state index in [1.54, 1.807) is 0 Å². The maximum absolute atomic E-state index is 6.36. The molecule has 0 unspecified atom stereocenters. The molecule has 160 valence electrons. The normalized spacial score (nSPS) is 11.3. The first-order valence-corrected chi connectivity index (χ1v) is 11.7. The third-order valence-electron chi connectivity index (χ3n) is 5.91. The van der Waals surface area contributed by atoms with E-state index in [0.29, 0.717) is 5.92 Å². The molecule has 2 nitrogen and oxygen atoms in total. The lowest BCUT2D eigenvalue weighted by atomic mass is 9.89. The zero-order valence-electron chi connectivity index (χ0n) is 19.4. The van der Waals surface area contributed by atoms with Gasteiger partial charge >= 0.3 is 0 Å². The van der Waals surface area contributed by atoms with Crippen molar-refractivity contribution >= 4 is 5.69 Å². The molecule has 2 N–H and O–H groups in total. The molecule has 2 aromatic rings. The maximum Gasteiger partial charge on any atom is 0.0520 e. The number of anilines is 1. The summed E-state index contributed by atoms with van der Waals surface area (Å²) in [5.41, 5.74) is 7.82. The molecule has 0 spiro atoms. The van der Waals surface area contributed by atoms with Crippen LogP contribution < -0.4 is 10.9 Å². The lowest BCUT2D eigenvalue weighted by Crippen LogP contribution is -2.31. The molecule has 0 bridgehead atoms. The average Bonchev–Trinajstić information content (AvgIpc) is 2.70. The van der Waals surface area contributed by atoms with Crippen molar-refractivity contribution in [2.24, 2.45) is 5.84 Å². The second-order valence-corrected chi connectivity index (χ2v) is 8.91. The van der Waals surface area contributed by atoms with E-state index >= 15 is 0 Å². The van der Waals surface area contributed by atoms with E-state index in [9.17, 15) is 0 Å². The SMILES string of the molecule is CCCCCCCCCCN(N)c1ccc(-c2ccc(C)cc2C(C)C)c(C)c1. The highest BCUT2D eigenvalue weighted by Crippen LogP contribution is 2.33. The van der Waals surface area contributed by atoms with E-state index in [1.807, 2.05) is 5.01 Å². The van der Waals surface area contributed by atoms with Crippen LogP contribution in [0.25, 0.3) is 11.1 Å². The van der Waals surface area contributed by atoms with Crippen LogP contribution in [0, 0.1) is 13.8 Å². The van der Waals surface area contributed by atoms with Crippen molar-refractivity contribution in [3.05, 3.63) is 53.1 Å². The molecule has 0 amide bonds. The van der Waals surface area contributed by atoms with Crippen LogP contribution >= 0.6 is 0 Å². The number of nitrogens with two attached hydrogens (primary N) is 1. The summed E-state index contributed by atoms with van der Waals surface area (Å²) in [5.74, 6) is 6.88. The Morgan fingerprint density at radius 1 is 0.793 bits per heavy atom. The van der Waals surface area contributed by atoms with Gasteiger partial charge in [-0.25, -0.2) is 5.84 Å². The number of aryl methyl sites for hydroxylation is 2. The number of rotatable bonds is 12. The molecule has 2 heteroatoms. The second kappa shape index (κ2) is 12.0. The smallest absolute Gasteiger partial charge is 0.0520 e. The summed E-state index contributed by atoms with van der Waals surface area (Å²) >= 11 is 0. The van der Waals surface area contributed by atoms with Gasteiger partial charge < -0.3 is 5.01 Å². The Labute approximate surface area is 179 Å². The molecule has 0 aromatic heterocycles. The Bertz CT molecular complexity index is 748. The topological polar surface area (TPSA) is 29.3 Å². The van der Waals surface area contributed by atoms with E-state index in [4.69, 9.17) is 5.84 Å². The van der Waals surface area contributed by atoms with Gasteiger partial charge in [0.15, 0.2) is 0 Å². The van der Waals surface area contributed by atoms with Gasteiger partial charge in [-0.3, -0.25) is 0 Å². The zero-order valence-corrected chi connectivity index (χ0v) is 19.4. The molecule has 0 atom stereocenters. The summed E-state index contributed by atoms with van der Waals surface area (Å²) in [6.07, 6.45) is 10.6. The Morgan fingerprint density at radius 2 is 1.41 bits per heavy atom. The molecule has 0 aliphatic carbocycles. The number of unbranched alkanes of at least 4 members (excludes halogenated alkanes) is 7. The van der Waals surface area contributed by atoms with Crippen LogP contribution in [-0.4, -0.2) is 6.54 Å². The minimum absolute atomic E-state index is 0.511. The molecular weight excluding hydrogens is 352 g/mol. The maximum atomic E-state index is 6.36. The summed E-state index contributed by atoms with van der Waals surface area (Å²) < 4.78 is 0. The van der Waals surface area contributed by atoms with Crippen LogP contribution in [-0.2, 0) is 0 Å². The van der Waals surface area contributed by atoms with Gasteiger partial charge in [-0.15, -0.1) is 0 Å². The summed E-state index contributed by atoms with van der Waals surface area (Å²) in [6, 6.07) is 13.5. The number of nitrogens with zero attached hydrogens (tertiary/aromatic N) is 1. The summed E-state index contributed by atoms with van der Waals surface area (Å²) in [5, 5.41) is 1.92. The van der Waals surface area contributed by atoms with Crippen molar-refractivity contribution in [2.75, 3.05) is 11.6 Å². The van der Waals surface area contributed by atoms with Gasteiger partial charge in [0.1, 0.15) is 0 Å². The molecule has 0 radical (unpaired) electrons. The highest BCUT2D eigenvalue weighted by Gasteiger charge is 2.12. The Hall–Kier alpha value is -1.80. The fourth-order valence-electron chi connectivity index (χ4n) is 4.08. The van der Waals surface area contributed by atoms with Crippen molar-refractivity contribution in [2.45, 2.75) is 91.9 Å². The average molecular weight is 395 g/mol. The monoisotopic (exact) mass is 394 g/mol. The third kappa shape index (κ3) is 7.19. The molecule has 2 aromatic carbocycles. The molecular formula is C27H42N2. The fraction of sp³-hybridized carbons (Fsp3) is 0.556. The summed E-state index contributed by atoms with van der Waals surface area (Å²) in [4.78, 5) is 0. The quantitative estimate of drug-likeness (QED) is 0.225. The van der Waals surface area contributed by atoms with Gasteiger partial charge in [0.2, 0.25) is 0 Å². The van der Waals surface area contributed by atoms with Gasteiger partial charge in [-0.05, 0) is 60.6 Å². The third-order valence-corrected chi connectivity index (χ3v) is 5.91. The molecule has 0 saturated carbocycles. The van der Waals surface area contributed by atoms with Gasteiger partial charge in [0, 0.05) is 6.54 Å².